The third-order valence-corrected chi connectivity index (χ3v) is 3.77. The molecule has 5 heteroatoms. The van der Waals surface area contributed by atoms with Gasteiger partial charge in [0.05, 0.1) is 9.17 Å². The van der Waals surface area contributed by atoms with Gasteiger partial charge in [0, 0.05) is 0 Å². The summed E-state index contributed by atoms with van der Waals surface area (Å²) < 4.78 is 1.07. The fourth-order valence-corrected chi connectivity index (χ4v) is 2.61. The monoisotopic (exact) mass is 243 g/mol. The molecule has 0 radical (unpaired) electrons. The number of fused-ring (bicyclic) bond motifs is 1. The van der Waals surface area contributed by atoms with E-state index in [9.17, 15) is 0 Å². The first-order chi connectivity index (χ1) is 5.70. The zero-order chi connectivity index (χ0) is 8.72. The van der Waals surface area contributed by atoms with E-state index in [1.54, 1.807) is 11.3 Å². The lowest BCUT2D eigenvalue weighted by Crippen LogP contribution is -1.91. The SMILES string of the molecule is Cc1c(Br)sc2ncnc(N)c12. The van der Waals surface area contributed by atoms with E-state index < -0.39 is 0 Å². The molecule has 0 aliphatic rings. The number of nitrogens with two attached hydrogens (primary N) is 1. The summed E-state index contributed by atoms with van der Waals surface area (Å²) in [5, 5.41) is 0.967. The summed E-state index contributed by atoms with van der Waals surface area (Å²) in [6.45, 7) is 2.00. The second kappa shape index (κ2) is 2.67. The van der Waals surface area contributed by atoms with Gasteiger partial charge in [-0.3, -0.25) is 0 Å². The first-order valence-electron chi connectivity index (χ1n) is 3.35. The summed E-state index contributed by atoms with van der Waals surface area (Å²) in [5.74, 6) is 0.555. The first kappa shape index (κ1) is 7.94. The van der Waals surface area contributed by atoms with Gasteiger partial charge >= 0.3 is 0 Å². The zero-order valence-electron chi connectivity index (χ0n) is 6.34. The molecule has 0 saturated heterocycles. The van der Waals surface area contributed by atoms with Crippen molar-refractivity contribution in [2.75, 3.05) is 5.73 Å². The van der Waals surface area contributed by atoms with Crippen LogP contribution in [0.15, 0.2) is 10.1 Å². The van der Waals surface area contributed by atoms with Crippen molar-refractivity contribution in [2.45, 2.75) is 6.92 Å². The Morgan fingerprint density at radius 1 is 1.50 bits per heavy atom. The molecule has 0 aromatic carbocycles. The largest absolute Gasteiger partial charge is 0.383 e. The maximum Gasteiger partial charge on any atom is 0.135 e. The highest BCUT2D eigenvalue weighted by Gasteiger charge is 2.09. The van der Waals surface area contributed by atoms with Gasteiger partial charge in [-0.05, 0) is 28.4 Å². The van der Waals surface area contributed by atoms with E-state index in [1.165, 1.54) is 6.33 Å². The molecule has 3 nitrogen and oxygen atoms in total. The lowest BCUT2D eigenvalue weighted by molar-refractivity contribution is 1.24. The molecule has 0 fully saturated rings. The van der Waals surface area contributed by atoms with Crippen LogP contribution in [0.5, 0.6) is 0 Å². The van der Waals surface area contributed by atoms with Crippen LogP contribution in [0.25, 0.3) is 10.2 Å². The predicted molar refractivity (Wildman–Crippen MR) is 54.3 cm³/mol. The van der Waals surface area contributed by atoms with E-state index in [1.807, 2.05) is 6.92 Å². The highest BCUT2D eigenvalue weighted by molar-refractivity contribution is 9.11. The predicted octanol–water partition coefficient (Wildman–Crippen LogP) is 2.34. The van der Waals surface area contributed by atoms with E-state index in [0.717, 1.165) is 19.6 Å². The van der Waals surface area contributed by atoms with Crippen LogP contribution < -0.4 is 5.73 Å². The third-order valence-electron chi connectivity index (χ3n) is 1.70. The van der Waals surface area contributed by atoms with Crippen molar-refractivity contribution in [3.63, 3.8) is 0 Å². The molecule has 2 heterocycles. The van der Waals surface area contributed by atoms with Crippen LogP contribution in [0.4, 0.5) is 5.82 Å². The fraction of sp³-hybridized carbons (Fsp3) is 0.143. The maximum absolute atomic E-state index is 5.71. The quantitative estimate of drug-likeness (QED) is 0.773. The van der Waals surface area contributed by atoms with Crippen LogP contribution in [0.1, 0.15) is 5.56 Å². The van der Waals surface area contributed by atoms with Gasteiger partial charge in [0.1, 0.15) is 17.0 Å². The minimum Gasteiger partial charge on any atom is -0.383 e. The molecule has 0 unspecified atom stereocenters. The molecule has 0 spiro atoms. The minimum absolute atomic E-state index is 0.555. The number of aromatic nitrogens is 2. The standard InChI is InChI=1S/C7H6BrN3S/c1-3-4-6(9)10-2-11-7(4)12-5(3)8/h2H,1H3,(H2,9,10,11). The molecule has 2 N–H and O–H groups in total. The lowest BCUT2D eigenvalue weighted by atomic mass is 10.2. The van der Waals surface area contributed by atoms with Crippen LogP contribution >= 0.6 is 27.3 Å². The third kappa shape index (κ3) is 1.01. The molecule has 0 amide bonds. The normalized spacial score (nSPS) is 10.8. The van der Waals surface area contributed by atoms with Gasteiger partial charge in [-0.2, -0.15) is 0 Å². The summed E-state index contributed by atoms with van der Waals surface area (Å²) in [6, 6.07) is 0. The molecular weight excluding hydrogens is 238 g/mol. The van der Waals surface area contributed by atoms with Gasteiger partial charge in [0.2, 0.25) is 0 Å². The number of aryl methyl sites for hydroxylation is 1. The molecule has 0 aliphatic carbocycles. The second-order valence-corrected chi connectivity index (χ2v) is 4.76. The van der Waals surface area contributed by atoms with Crippen LogP contribution in [-0.2, 0) is 0 Å². The van der Waals surface area contributed by atoms with Crippen molar-refractivity contribution < 1.29 is 0 Å². The number of nitrogen functional groups attached to an aromatic ring is 1. The number of anilines is 1. The molecule has 0 aliphatic heterocycles. The van der Waals surface area contributed by atoms with Crippen molar-refractivity contribution >= 4 is 43.3 Å². The number of nitrogens with zero attached hydrogens (tertiary/aromatic N) is 2. The van der Waals surface area contributed by atoms with Gasteiger partial charge in [-0.15, -0.1) is 11.3 Å². The number of hydrogen-bond donors (Lipinski definition) is 1. The van der Waals surface area contributed by atoms with E-state index >= 15 is 0 Å². The van der Waals surface area contributed by atoms with Crippen molar-refractivity contribution in [1.82, 2.24) is 9.97 Å². The lowest BCUT2D eigenvalue weighted by Gasteiger charge is -1.93. The molecule has 2 aromatic heterocycles. The van der Waals surface area contributed by atoms with Gasteiger partial charge in [0.15, 0.2) is 0 Å². The van der Waals surface area contributed by atoms with Crippen LogP contribution in [0.3, 0.4) is 0 Å². The molecule has 0 saturated carbocycles. The molecule has 62 valence electrons. The number of rotatable bonds is 0. The highest BCUT2D eigenvalue weighted by Crippen LogP contribution is 2.35. The van der Waals surface area contributed by atoms with Crippen LogP contribution in [0, 0.1) is 6.92 Å². The van der Waals surface area contributed by atoms with E-state index in [0.29, 0.717) is 5.82 Å². The molecule has 0 atom stereocenters. The number of thiophene rings is 1. The topological polar surface area (TPSA) is 51.8 Å². The smallest absolute Gasteiger partial charge is 0.135 e. The van der Waals surface area contributed by atoms with E-state index in [4.69, 9.17) is 5.73 Å². The Hall–Kier alpha value is -0.680. The Bertz CT molecular complexity index is 437. The number of hydrogen-bond acceptors (Lipinski definition) is 4. The average molecular weight is 244 g/mol. The Balaban J connectivity index is 2.97. The second-order valence-electron chi connectivity index (χ2n) is 2.44. The minimum atomic E-state index is 0.555. The average Bonchev–Trinajstić information content (AvgIpc) is 2.29. The Morgan fingerprint density at radius 2 is 2.25 bits per heavy atom. The van der Waals surface area contributed by atoms with Crippen molar-refractivity contribution in [1.29, 1.82) is 0 Å². The summed E-state index contributed by atoms with van der Waals surface area (Å²) in [5.41, 5.74) is 6.82. The number of halogens is 1. The molecule has 2 rings (SSSR count). The molecular formula is C7H6BrN3S. The maximum atomic E-state index is 5.71. The molecule has 2 aromatic rings. The van der Waals surface area contributed by atoms with Crippen molar-refractivity contribution in [3.05, 3.63) is 15.7 Å². The van der Waals surface area contributed by atoms with Crippen molar-refractivity contribution in [3.8, 4) is 0 Å². The Labute approximate surface area is 81.8 Å². The van der Waals surface area contributed by atoms with Crippen LogP contribution in [-0.4, -0.2) is 9.97 Å². The van der Waals surface area contributed by atoms with Crippen LogP contribution in [0.2, 0.25) is 0 Å². The zero-order valence-corrected chi connectivity index (χ0v) is 8.74. The van der Waals surface area contributed by atoms with E-state index in [-0.39, 0.29) is 0 Å². The summed E-state index contributed by atoms with van der Waals surface area (Å²) in [7, 11) is 0. The highest BCUT2D eigenvalue weighted by atomic mass is 79.9. The van der Waals surface area contributed by atoms with Gasteiger partial charge < -0.3 is 5.73 Å². The van der Waals surface area contributed by atoms with Crippen molar-refractivity contribution in [2.24, 2.45) is 0 Å². The molecule has 12 heavy (non-hydrogen) atoms. The van der Waals surface area contributed by atoms with Gasteiger partial charge in [-0.1, -0.05) is 0 Å². The van der Waals surface area contributed by atoms with Gasteiger partial charge in [-0.25, -0.2) is 9.97 Å². The van der Waals surface area contributed by atoms with Gasteiger partial charge in [0.25, 0.3) is 0 Å². The summed E-state index contributed by atoms with van der Waals surface area (Å²) >= 11 is 5.02. The molecule has 0 bridgehead atoms. The first-order valence-corrected chi connectivity index (χ1v) is 4.96. The van der Waals surface area contributed by atoms with E-state index in [2.05, 4.69) is 25.9 Å². The summed E-state index contributed by atoms with van der Waals surface area (Å²) in [4.78, 5) is 8.99. The Kier molecular flexibility index (Phi) is 1.77. The fourth-order valence-electron chi connectivity index (χ4n) is 1.07. The Morgan fingerprint density at radius 3 is 2.92 bits per heavy atom. The summed E-state index contributed by atoms with van der Waals surface area (Å²) in [6.07, 6.45) is 1.49.